The van der Waals surface area contributed by atoms with Gasteiger partial charge in [0.15, 0.2) is 0 Å². The third kappa shape index (κ3) is 4.41. The third-order valence-corrected chi connectivity index (χ3v) is 4.59. The average Bonchev–Trinajstić information content (AvgIpc) is 3.15. The SMILES string of the molecule is CC1CCN(CCCNC(=O)c2ccc(-n3ccnc3)nc2)CC1. The quantitative estimate of drug-likeness (QED) is 0.826. The second-order valence-electron chi connectivity index (χ2n) is 6.51. The Kier molecular flexibility index (Phi) is 5.59. The number of nitrogens with one attached hydrogen (secondary N) is 1. The predicted molar refractivity (Wildman–Crippen MR) is 93.1 cm³/mol. The Morgan fingerprint density at radius 1 is 1.33 bits per heavy atom. The Hall–Kier alpha value is -2.21. The van der Waals surface area contributed by atoms with E-state index < -0.39 is 0 Å². The number of hydrogen-bond acceptors (Lipinski definition) is 4. The van der Waals surface area contributed by atoms with Crippen LogP contribution in [0.3, 0.4) is 0 Å². The first-order chi connectivity index (χ1) is 11.7. The molecule has 0 spiro atoms. The smallest absolute Gasteiger partial charge is 0.252 e. The van der Waals surface area contributed by atoms with Gasteiger partial charge in [-0.1, -0.05) is 6.92 Å². The molecule has 1 N–H and O–H groups in total. The maximum absolute atomic E-state index is 12.2. The van der Waals surface area contributed by atoms with E-state index in [0.717, 1.165) is 24.7 Å². The number of amides is 1. The molecule has 0 bridgehead atoms. The summed E-state index contributed by atoms with van der Waals surface area (Å²) >= 11 is 0. The van der Waals surface area contributed by atoms with Crippen LogP contribution in [-0.4, -0.2) is 51.5 Å². The van der Waals surface area contributed by atoms with Crippen LogP contribution in [0.1, 0.15) is 36.5 Å². The van der Waals surface area contributed by atoms with Crippen molar-refractivity contribution in [1.82, 2.24) is 24.8 Å². The lowest BCUT2D eigenvalue weighted by Gasteiger charge is -2.30. The molecule has 24 heavy (non-hydrogen) atoms. The minimum Gasteiger partial charge on any atom is -0.352 e. The lowest BCUT2D eigenvalue weighted by Crippen LogP contribution is -2.35. The number of piperidine rings is 1. The normalized spacial score (nSPS) is 16.2. The summed E-state index contributed by atoms with van der Waals surface area (Å²) in [4.78, 5) is 22.9. The molecule has 1 aliphatic rings. The molecule has 1 saturated heterocycles. The van der Waals surface area contributed by atoms with Crippen molar-refractivity contribution < 1.29 is 4.79 Å². The number of rotatable bonds is 6. The zero-order valence-corrected chi connectivity index (χ0v) is 14.2. The number of likely N-dealkylation sites (tertiary alicyclic amines) is 1. The van der Waals surface area contributed by atoms with Gasteiger partial charge in [-0.15, -0.1) is 0 Å². The summed E-state index contributed by atoms with van der Waals surface area (Å²) in [6.45, 7) is 6.46. The summed E-state index contributed by atoms with van der Waals surface area (Å²) < 4.78 is 1.81. The van der Waals surface area contributed by atoms with Crippen LogP contribution >= 0.6 is 0 Å². The number of carbonyl (C=O) groups is 1. The van der Waals surface area contributed by atoms with Crippen LogP contribution < -0.4 is 5.32 Å². The number of pyridine rings is 1. The first-order valence-corrected chi connectivity index (χ1v) is 8.67. The number of aromatic nitrogens is 3. The van der Waals surface area contributed by atoms with Crippen molar-refractivity contribution in [1.29, 1.82) is 0 Å². The summed E-state index contributed by atoms with van der Waals surface area (Å²) in [5.74, 6) is 1.55. The van der Waals surface area contributed by atoms with E-state index in [1.807, 2.05) is 12.3 Å². The van der Waals surface area contributed by atoms with Crippen LogP contribution in [0.2, 0.25) is 0 Å². The summed E-state index contributed by atoms with van der Waals surface area (Å²) in [7, 11) is 0. The van der Waals surface area contributed by atoms with Crippen molar-refractivity contribution in [3.63, 3.8) is 0 Å². The lowest BCUT2D eigenvalue weighted by molar-refractivity contribution is 0.0950. The van der Waals surface area contributed by atoms with Gasteiger partial charge in [0, 0.05) is 25.1 Å². The van der Waals surface area contributed by atoms with Gasteiger partial charge in [-0.3, -0.25) is 9.36 Å². The predicted octanol–water partition coefficient (Wildman–Crippen LogP) is 2.12. The standard InChI is InChI=1S/C18H25N5O/c1-15-5-10-22(11-6-15)9-2-7-20-18(24)16-3-4-17(21-13-16)23-12-8-19-14-23/h3-4,8,12-15H,2,5-7,9-11H2,1H3,(H,20,24). The van der Waals surface area contributed by atoms with Gasteiger partial charge in [0.2, 0.25) is 0 Å². The molecule has 128 valence electrons. The monoisotopic (exact) mass is 327 g/mol. The Balaban J connectivity index is 1.40. The van der Waals surface area contributed by atoms with Crippen molar-refractivity contribution >= 4 is 5.91 Å². The zero-order chi connectivity index (χ0) is 16.8. The van der Waals surface area contributed by atoms with Gasteiger partial charge in [0.1, 0.15) is 12.1 Å². The van der Waals surface area contributed by atoms with Crippen LogP contribution in [-0.2, 0) is 0 Å². The molecule has 1 aliphatic heterocycles. The van der Waals surface area contributed by atoms with Crippen LogP contribution in [0, 0.1) is 5.92 Å². The fourth-order valence-electron chi connectivity index (χ4n) is 2.96. The molecule has 2 aromatic heterocycles. The van der Waals surface area contributed by atoms with Gasteiger partial charge >= 0.3 is 0 Å². The van der Waals surface area contributed by atoms with Gasteiger partial charge in [0.25, 0.3) is 5.91 Å². The van der Waals surface area contributed by atoms with Gasteiger partial charge < -0.3 is 10.2 Å². The molecular formula is C18H25N5O. The molecule has 0 atom stereocenters. The van der Waals surface area contributed by atoms with Crippen molar-refractivity contribution in [2.75, 3.05) is 26.2 Å². The molecule has 0 aliphatic carbocycles. The minimum atomic E-state index is -0.0630. The molecule has 0 saturated carbocycles. The summed E-state index contributed by atoms with van der Waals surface area (Å²) in [5, 5.41) is 2.98. The highest BCUT2D eigenvalue weighted by molar-refractivity contribution is 5.93. The van der Waals surface area contributed by atoms with Gasteiger partial charge in [0.05, 0.1) is 5.56 Å². The largest absolute Gasteiger partial charge is 0.352 e. The molecule has 0 aromatic carbocycles. The van der Waals surface area contributed by atoms with Crippen molar-refractivity contribution in [2.45, 2.75) is 26.2 Å². The van der Waals surface area contributed by atoms with Crippen molar-refractivity contribution in [3.05, 3.63) is 42.6 Å². The molecule has 0 unspecified atom stereocenters. The van der Waals surface area contributed by atoms with E-state index in [-0.39, 0.29) is 5.91 Å². The summed E-state index contributed by atoms with van der Waals surface area (Å²) in [6.07, 6.45) is 10.4. The maximum atomic E-state index is 12.2. The minimum absolute atomic E-state index is 0.0630. The van der Waals surface area contributed by atoms with Crippen LogP contribution in [0.15, 0.2) is 37.1 Å². The topological polar surface area (TPSA) is 63.1 Å². The average molecular weight is 327 g/mol. The number of nitrogens with zero attached hydrogens (tertiary/aromatic N) is 4. The second-order valence-corrected chi connectivity index (χ2v) is 6.51. The molecule has 1 amide bonds. The number of carbonyl (C=O) groups excluding carboxylic acids is 1. The Morgan fingerprint density at radius 2 is 2.17 bits per heavy atom. The van der Waals surface area contributed by atoms with Crippen molar-refractivity contribution in [3.8, 4) is 5.82 Å². The molecule has 6 nitrogen and oxygen atoms in total. The van der Waals surface area contributed by atoms with E-state index >= 15 is 0 Å². The van der Waals surface area contributed by atoms with E-state index in [1.165, 1.54) is 25.9 Å². The third-order valence-electron chi connectivity index (χ3n) is 4.59. The van der Waals surface area contributed by atoms with Crippen LogP contribution in [0.25, 0.3) is 5.82 Å². The fourth-order valence-corrected chi connectivity index (χ4v) is 2.96. The second kappa shape index (κ2) is 8.06. The molecule has 3 rings (SSSR count). The summed E-state index contributed by atoms with van der Waals surface area (Å²) in [5.41, 5.74) is 0.589. The fraction of sp³-hybridized carbons (Fsp3) is 0.500. The van der Waals surface area contributed by atoms with Gasteiger partial charge in [-0.05, 0) is 56.9 Å². The van der Waals surface area contributed by atoms with Gasteiger partial charge in [-0.25, -0.2) is 9.97 Å². The van der Waals surface area contributed by atoms with E-state index in [2.05, 4.69) is 27.1 Å². The zero-order valence-electron chi connectivity index (χ0n) is 14.2. The first kappa shape index (κ1) is 16.6. The number of imidazole rings is 1. The van der Waals surface area contributed by atoms with Crippen molar-refractivity contribution in [2.24, 2.45) is 5.92 Å². The van der Waals surface area contributed by atoms with E-state index in [9.17, 15) is 4.79 Å². The Morgan fingerprint density at radius 3 is 2.83 bits per heavy atom. The molecule has 3 heterocycles. The Labute approximate surface area is 142 Å². The molecule has 0 radical (unpaired) electrons. The van der Waals surface area contributed by atoms with Gasteiger partial charge in [-0.2, -0.15) is 0 Å². The molecule has 6 heteroatoms. The highest BCUT2D eigenvalue weighted by Crippen LogP contribution is 2.15. The highest BCUT2D eigenvalue weighted by atomic mass is 16.1. The van der Waals surface area contributed by atoms with E-state index in [1.54, 1.807) is 29.4 Å². The number of hydrogen-bond donors (Lipinski definition) is 1. The Bertz CT molecular complexity index is 630. The van der Waals surface area contributed by atoms with Crippen LogP contribution in [0.5, 0.6) is 0 Å². The molecule has 1 fully saturated rings. The summed E-state index contributed by atoms with van der Waals surface area (Å²) in [6, 6.07) is 3.62. The molecular weight excluding hydrogens is 302 g/mol. The lowest BCUT2D eigenvalue weighted by atomic mass is 9.99. The van der Waals surface area contributed by atoms with E-state index in [4.69, 9.17) is 0 Å². The van der Waals surface area contributed by atoms with E-state index in [0.29, 0.717) is 12.1 Å². The molecule has 2 aromatic rings. The van der Waals surface area contributed by atoms with Crippen LogP contribution in [0.4, 0.5) is 0 Å². The first-order valence-electron chi connectivity index (χ1n) is 8.67. The maximum Gasteiger partial charge on any atom is 0.252 e. The highest BCUT2D eigenvalue weighted by Gasteiger charge is 2.15.